The molecule has 196 valence electrons. The van der Waals surface area contributed by atoms with E-state index in [1.807, 2.05) is 24.3 Å². The van der Waals surface area contributed by atoms with Crippen LogP contribution in [0.5, 0.6) is 0 Å². The number of aromatic amines is 1. The zero-order chi connectivity index (χ0) is 26.7. The van der Waals surface area contributed by atoms with E-state index in [9.17, 15) is 12.8 Å². The van der Waals surface area contributed by atoms with Crippen molar-refractivity contribution in [2.24, 2.45) is 0 Å². The molecule has 38 heavy (non-hydrogen) atoms. The Labute approximate surface area is 223 Å². The van der Waals surface area contributed by atoms with E-state index in [0.29, 0.717) is 0 Å². The molecule has 5 rings (SSSR count). The summed E-state index contributed by atoms with van der Waals surface area (Å²) in [5.74, 6) is 0.00949. The fourth-order valence-corrected chi connectivity index (χ4v) is 5.78. The molecule has 8 heteroatoms. The van der Waals surface area contributed by atoms with Crippen LogP contribution in [0.3, 0.4) is 0 Å². The summed E-state index contributed by atoms with van der Waals surface area (Å²) >= 11 is 0. The Morgan fingerprint density at radius 1 is 1.03 bits per heavy atom. The van der Waals surface area contributed by atoms with E-state index >= 15 is 0 Å². The number of nitrogens with zero attached hydrogens (tertiary/aromatic N) is 2. The monoisotopic (exact) mass is 530 g/mol. The molecule has 0 fully saturated rings. The first-order chi connectivity index (χ1) is 18.4. The van der Waals surface area contributed by atoms with Gasteiger partial charge < -0.3 is 4.98 Å². The minimum atomic E-state index is -3.43. The quantitative estimate of drug-likeness (QED) is 0.307. The Hall–Kier alpha value is -3.59. The summed E-state index contributed by atoms with van der Waals surface area (Å²) < 4.78 is 40.0. The van der Waals surface area contributed by atoms with Gasteiger partial charge >= 0.3 is 0 Å². The zero-order valence-corrected chi connectivity index (χ0v) is 22.3. The molecule has 2 N–H and O–H groups in total. The highest BCUT2D eigenvalue weighted by molar-refractivity contribution is 7.89. The maximum Gasteiger partial charge on any atom is 0.240 e. The first-order valence-corrected chi connectivity index (χ1v) is 14.2. The lowest BCUT2D eigenvalue weighted by atomic mass is 9.91. The van der Waals surface area contributed by atoms with Gasteiger partial charge in [0.05, 0.1) is 10.6 Å². The standard InChI is InChI=1S/C30H31FN4O2S/c1-21(22-5-9-27(10-6-22)38(36,37)32-2)20-35-17-13-23(14-18-35)28-19-34-30(25-3-7-26(31)8-4-25)29(28)24-11-15-33-16-12-24/h3-13,15-16,19,21,32,34H,14,17-18,20H2,1-2H3. The van der Waals surface area contributed by atoms with Crippen molar-refractivity contribution in [3.05, 3.63) is 102 Å². The predicted octanol–water partition coefficient (Wildman–Crippen LogP) is 5.68. The number of sulfonamides is 1. The summed E-state index contributed by atoms with van der Waals surface area (Å²) in [7, 11) is -2.02. The van der Waals surface area contributed by atoms with Crippen molar-refractivity contribution in [3.63, 3.8) is 0 Å². The second-order valence-corrected chi connectivity index (χ2v) is 11.5. The number of halogens is 1. The predicted molar refractivity (Wildman–Crippen MR) is 150 cm³/mol. The van der Waals surface area contributed by atoms with E-state index in [2.05, 4.69) is 38.8 Å². The lowest BCUT2D eigenvalue weighted by Gasteiger charge is -2.29. The molecule has 0 amide bonds. The van der Waals surface area contributed by atoms with Crippen LogP contribution in [-0.2, 0) is 10.0 Å². The van der Waals surface area contributed by atoms with Gasteiger partial charge in [0, 0.05) is 49.4 Å². The highest BCUT2D eigenvalue weighted by Crippen LogP contribution is 2.39. The Bertz CT molecular complexity index is 1530. The Morgan fingerprint density at radius 2 is 1.74 bits per heavy atom. The third kappa shape index (κ3) is 5.48. The number of aromatic nitrogens is 2. The normalized spacial score (nSPS) is 15.3. The Kier molecular flexibility index (Phi) is 7.56. The third-order valence-corrected chi connectivity index (χ3v) is 8.61. The molecule has 4 aromatic rings. The maximum atomic E-state index is 13.6. The van der Waals surface area contributed by atoms with E-state index in [4.69, 9.17) is 0 Å². The van der Waals surface area contributed by atoms with Gasteiger partial charge in [-0.3, -0.25) is 9.88 Å². The van der Waals surface area contributed by atoms with Crippen molar-refractivity contribution in [1.29, 1.82) is 0 Å². The molecule has 1 aliphatic rings. The van der Waals surface area contributed by atoms with Crippen LogP contribution in [-0.4, -0.2) is 50.0 Å². The molecule has 0 spiro atoms. The Balaban J connectivity index is 1.35. The first-order valence-electron chi connectivity index (χ1n) is 12.7. The van der Waals surface area contributed by atoms with E-state index in [1.165, 1.54) is 24.8 Å². The lowest BCUT2D eigenvalue weighted by molar-refractivity contribution is 0.287. The second-order valence-electron chi connectivity index (χ2n) is 9.61. The zero-order valence-electron chi connectivity index (χ0n) is 21.5. The average molecular weight is 531 g/mol. The summed E-state index contributed by atoms with van der Waals surface area (Å²) in [6.45, 7) is 4.81. The Morgan fingerprint density at radius 3 is 2.37 bits per heavy atom. The molecule has 0 bridgehead atoms. The molecule has 2 aromatic carbocycles. The molecule has 0 radical (unpaired) electrons. The lowest BCUT2D eigenvalue weighted by Crippen LogP contribution is -2.32. The number of hydrogen-bond acceptors (Lipinski definition) is 4. The molecular formula is C30H31FN4O2S. The first kappa shape index (κ1) is 26.0. The summed E-state index contributed by atoms with van der Waals surface area (Å²) in [5.41, 5.74) is 7.62. The summed E-state index contributed by atoms with van der Waals surface area (Å²) in [4.78, 5) is 10.3. The minimum Gasteiger partial charge on any atom is -0.360 e. The van der Waals surface area contributed by atoms with E-state index in [-0.39, 0.29) is 16.6 Å². The van der Waals surface area contributed by atoms with Gasteiger partial charge in [-0.2, -0.15) is 0 Å². The highest BCUT2D eigenvalue weighted by Gasteiger charge is 2.22. The summed E-state index contributed by atoms with van der Waals surface area (Å²) in [6, 6.07) is 17.7. The molecular weight excluding hydrogens is 499 g/mol. The average Bonchev–Trinajstić information content (AvgIpc) is 3.39. The molecule has 0 saturated carbocycles. The van der Waals surface area contributed by atoms with Crippen LogP contribution in [0, 0.1) is 5.82 Å². The summed E-state index contributed by atoms with van der Waals surface area (Å²) in [5, 5.41) is 0. The molecule has 2 aromatic heterocycles. The molecule has 6 nitrogen and oxygen atoms in total. The number of H-pyrrole nitrogens is 1. The molecule has 0 aliphatic carbocycles. The van der Waals surface area contributed by atoms with Crippen LogP contribution in [0.15, 0.2) is 90.2 Å². The van der Waals surface area contributed by atoms with E-state index in [1.54, 1.807) is 36.7 Å². The van der Waals surface area contributed by atoms with Crippen molar-refractivity contribution >= 4 is 15.6 Å². The molecule has 3 heterocycles. The number of pyridine rings is 1. The van der Waals surface area contributed by atoms with Crippen LogP contribution in [0.25, 0.3) is 28.0 Å². The number of nitrogens with one attached hydrogen (secondary N) is 2. The van der Waals surface area contributed by atoms with Gasteiger partial charge in [-0.25, -0.2) is 17.5 Å². The van der Waals surface area contributed by atoms with Gasteiger partial charge in [0.15, 0.2) is 0 Å². The fourth-order valence-electron chi connectivity index (χ4n) is 5.05. The van der Waals surface area contributed by atoms with Gasteiger partial charge in [0.2, 0.25) is 10.0 Å². The molecule has 1 atom stereocenters. The summed E-state index contributed by atoms with van der Waals surface area (Å²) in [6.07, 6.45) is 8.84. The third-order valence-electron chi connectivity index (χ3n) is 7.18. The number of hydrogen-bond donors (Lipinski definition) is 2. The molecule has 0 saturated heterocycles. The fraction of sp³-hybridized carbons (Fsp3) is 0.233. The van der Waals surface area contributed by atoms with Crippen molar-refractivity contribution < 1.29 is 12.8 Å². The maximum absolute atomic E-state index is 13.6. The number of rotatable bonds is 8. The largest absolute Gasteiger partial charge is 0.360 e. The van der Waals surface area contributed by atoms with Gasteiger partial charge in [0.25, 0.3) is 0 Å². The molecule has 1 aliphatic heterocycles. The van der Waals surface area contributed by atoms with Crippen LogP contribution < -0.4 is 4.72 Å². The van der Waals surface area contributed by atoms with Crippen molar-refractivity contribution in [3.8, 4) is 22.4 Å². The van der Waals surface area contributed by atoms with Gasteiger partial charge in [-0.15, -0.1) is 0 Å². The highest BCUT2D eigenvalue weighted by atomic mass is 32.2. The van der Waals surface area contributed by atoms with Crippen LogP contribution >= 0.6 is 0 Å². The van der Waals surface area contributed by atoms with E-state index < -0.39 is 10.0 Å². The van der Waals surface area contributed by atoms with E-state index in [0.717, 1.165) is 59.6 Å². The topological polar surface area (TPSA) is 78.1 Å². The van der Waals surface area contributed by atoms with Crippen LogP contribution in [0.2, 0.25) is 0 Å². The molecule has 1 unspecified atom stereocenters. The van der Waals surface area contributed by atoms with Crippen molar-refractivity contribution in [2.45, 2.75) is 24.2 Å². The SMILES string of the molecule is CNS(=O)(=O)c1ccc(C(C)CN2CC=C(c3c[nH]c(-c4ccc(F)cc4)c3-c3ccncc3)CC2)cc1. The van der Waals surface area contributed by atoms with Crippen LogP contribution in [0.4, 0.5) is 4.39 Å². The number of benzene rings is 2. The minimum absolute atomic E-state index is 0.255. The van der Waals surface area contributed by atoms with Gasteiger partial charge in [0.1, 0.15) is 5.82 Å². The van der Waals surface area contributed by atoms with Crippen molar-refractivity contribution in [2.75, 3.05) is 26.7 Å². The van der Waals surface area contributed by atoms with Gasteiger partial charge in [-0.1, -0.05) is 25.1 Å². The van der Waals surface area contributed by atoms with Crippen molar-refractivity contribution in [1.82, 2.24) is 19.6 Å². The van der Waals surface area contributed by atoms with Crippen LogP contribution in [0.1, 0.15) is 30.4 Å². The smallest absolute Gasteiger partial charge is 0.240 e. The second kappa shape index (κ2) is 11.0. The van der Waals surface area contributed by atoms with Gasteiger partial charge in [-0.05, 0) is 90.2 Å².